The van der Waals surface area contributed by atoms with E-state index in [1.807, 2.05) is 6.07 Å². The summed E-state index contributed by atoms with van der Waals surface area (Å²) in [5, 5.41) is 8.57. The van der Waals surface area contributed by atoms with E-state index >= 15 is 0 Å². The maximum absolute atomic E-state index is 13.0. The lowest BCUT2D eigenvalue weighted by Gasteiger charge is -1.99. The van der Waals surface area contributed by atoms with Crippen molar-refractivity contribution in [2.24, 2.45) is 0 Å². The Morgan fingerprint density at radius 1 is 1.62 bits per heavy atom. The van der Waals surface area contributed by atoms with E-state index in [1.54, 1.807) is 0 Å². The predicted molar refractivity (Wildman–Crippen MR) is 49.2 cm³/mol. The van der Waals surface area contributed by atoms with Gasteiger partial charge in [0.05, 0.1) is 22.5 Å². The summed E-state index contributed by atoms with van der Waals surface area (Å²) in [5.74, 6) is -0.960. The molecule has 1 aromatic carbocycles. The fourth-order valence-corrected chi connectivity index (χ4v) is 1.18. The molecule has 0 fully saturated rings. The van der Waals surface area contributed by atoms with Crippen molar-refractivity contribution < 1.29 is 9.18 Å². The molecule has 0 atom stereocenters. The third-order valence-electron chi connectivity index (χ3n) is 1.52. The normalized spacial score (nSPS) is 9.31. The molecule has 4 heteroatoms. The number of nitrogens with zero attached hydrogens (tertiary/aromatic N) is 1. The molecule has 0 radical (unpaired) electrons. The standard InChI is InChI=1S/C9H5BrFNO/c10-4-9(13)7-3-6(5-12)1-2-8(7)11/h1-3H,4H2. The van der Waals surface area contributed by atoms with Crippen LogP contribution in [-0.4, -0.2) is 11.1 Å². The summed E-state index contributed by atoms with van der Waals surface area (Å²) in [6, 6.07) is 5.54. The van der Waals surface area contributed by atoms with Gasteiger partial charge in [-0.2, -0.15) is 5.26 Å². The first-order valence-electron chi connectivity index (χ1n) is 3.48. The first kappa shape index (κ1) is 9.87. The van der Waals surface area contributed by atoms with Crippen molar-refractivity contribution in [2.75, 3.05) is 5.33 Å². The van der Waals surface area contributed by atoms with Crippen LogP contribution in [0.15, 0.2) is 18.2 Å². The fourth-order valence-electron chi connectivity index (χ4n) is 0.880. The number of alkyl halides is 1. The molecular formula is C9H5BrFNO. The van der Waals surface area contributed by atoms with E-state index in [2.05, 4.69) is 15.9 Å². The minimum atomic E-state index is -0.594. The van der Waals surface area contributed by atoms with Crippen LogP contribution in [0.5, 0.6) is 0 Å². The van der Waals surface area contributed by atoms with Gasteiger partial charge in [0.25, 0.3) is 0 Å². The molecule has 0 bridgehead atoms. The van der Waals surface area contributed by atoms with Crippen LogP contribution < -0.4 is 0 Å². The maximum atomic E-state index is 13.0. The highest BCUT2D eigenvalue weighted by atomic mass is 79.9. The van der Waals surface area contributed by atoms with Crippen LogP contribution in [0.1, 0.15) is 15.9 Å². The highest BCUT2D eigenvalue weighted by Gasteiger charge is 2.10. The van der Waals surface area contributed by atoms with Crippen molar-refractivity contribution in [1.29, 1.82) is 5.26 Å². The molecule has 13 heavy (non-hydrogen) atoms. The lowest BCUT2D eigenvalue weighted by Crippen LogP contribution is -2.03. The van der Waals surface area contributed by atoms with Crippen LogP contribution >= 0.6 is 15.9 Å². The van der Waals surface area contributed by atoms with Gasteiger partial charge in [0.1, 0.15) is 5.82 Å². The van der Waals surface area contributed by atoms with Crippen molar-refractivity contribution in [3.05, 3.63) is 35.1 Å². The Kier molecular flexibility index (Phi) is 3.15. The lowest BCUT2D eigenvalue weighted by molar-refractivity contribution is 0.102. The molecule has 1 aromatic rings. The number of hydrogen-bond donors (Lipinski definition) is 0. The second-order valence-corrected chi connectivity index (χ2v) is 2.92. The molecule has 0 aromatic heterocycles. The van der Waals surface area contributed by atoms with Crippen LogP contribution in [0.3, 0.4) is 0 Å². The third-order valence-corrected chi connectivity index (χ3v) is 2.03. The maximum Gasteiger partial charge on any atom is 0.176 e. The summed E-state index contributed by atoms with van der Waals surface area (Å²) in [4.78, 5) is 11.1. The Bertz CT molecular complexity index is 384. The summed E-state index contributed by atoms with van der Waals surface area (Å²) in [5.41, 5.74) is 0.238. The minimum Gasteiger partial charge on any atom is -0.293 e. The van der Waals surface area contributed by atoms with Crippen LogP contribution in [0.25, 0.3) is 0 Å². The Hall–Kier alpha value is -1.21. The highest BCUT2D eigenvalue weighted by Crippen LogP contribution is 2.11. The van der Waals surface area contributed by atoms with Gasteiger partial charge in [0.2, 0.25) is 0 Å². The zero-order chi connectivity index (χ0) is 9.84. The van der Waals surface area contributed by atoms with E-state index in [9.17, 15) is 9.18 Å². The first-order valence-corrected chi connectivity index (χ1v) is 4.60. The van der Waals surface area contributed by atoms with E-state index in [0.29, 0.717) is 0 Å². The summed E-state index contributed by atoms with van der Waals surface area (Å²) in [6.07, 6.45) is 0. The van der Waals surface area contributed by atoms with Crippen molar-refractivity contribution in [2.45, 2.75) is 0 Å². The topological polar surface area (TPSA) is 40.9 Å². The molecular weight excluding hydrogens is 237 g/mol. The number of carbonyl (C=O) groups excluding carboxylic acids is 1. The smallest absolute Gasteiger partial charge is 0.176 e. The molecule has 0 amide bonds. The molecule has 0 N–H and O–H groups in total. The number of halogens is 2. The van der Waals surface area contributed by atoms with Crippen LogP contribution in [0.4, 0.5) is 4.39 Å². The molecule has 0 saturated heterocycles. The number of ketones is 1. The number of rotatable bonds is 2. The van der Waals surface area contributed by atoms with E-state index in [-0.39, 0.29) is 22.2 Å². The zero-order valence-electron chi connectivity index (χ0n) is 6.55. The summed E-state index contributed by atoms with van der Waals surface area (Å²) < 4.78 is 13.0. The Morgan fingerprint density at radius 3 is 2.85 bits per heavy atom. The van der Waals surface area contributed by atoms with Crippen molar-refractivity contribution in [3.8, 4) is 6.07 Å². The van der Waals surface area contributed by atoms with Gasteiger partial charge in [-0.1, -0.05) is 15.9 Å². The number of carbonyl (C=O) groups is 1. The summed E-state index contributed by atoms with van der Waals surface area (Å²) >= 11 is 2.93. The Morgan fingerprint density at radius 2 is 2.31 bits per heavy atom. The molecule has 0 aliphatic heterocycles. The quantitative estimate of drug-likeness (QED) is 0.589. The molecule has 0 heterocycles. The Balaban J connectivity index is 3.20. The van der Waals surface area contributed by atoms with E-state index in [0.717, 1.165) is 6.07 Å². The largest absolute Gasteiger partial charge is 0.293 e. The first-order chi connectivity index (χ1) is 6.19. The average Bonchev–Trinajstić information content (AvgIpc) is 2.17. The molecule has 0 aliphatic carbocycles. The van der Waals surface area contributed by atoms with E-state index < -0.39 is 5.82 Å². The van der Waals surface area contributed by atoms with Gasteiger partial charge in [-0.05, 0) is 18.2 Å². The molecule has 0 saturated carbocycles. The molecule has 0 unspecified atom stereocenters. The fraction of sp³-hybridized carbons (Fsp3) is 0.111. The van der Waals surface area contributed by atoms with Gasteiger partial charge >= 0.3 is 0 Å². The van der Waals surface area contributed by atoms with Crippen molar-refractivity contribution in [1.82, 2.24) is 0 Å². The van der Waals surface area contributed by atoms with E-state index in [4.69, 9.17) is 5.26 Å². The number of Topliss-reactive ketones (excluding diaryl/α,β-unsaturated/α-hetero) is 1. The molecule has 0 spiro atoms. The van der Waals surface area contributed by atoms with E-state index in [1.165, 1.54) is 12.1 Å². The van der Waals surface area contributed by atoms with Gasteiger partial charge in [0.15, 0.2) is 5.78 Å². The molecule has 66 valence electrons. The number of hydrogen-bond acceptors (Lipinski definition) is 2. The number of benzene rings is 1. The Labute approximate surface area is 83.1 Å². The van der Waals surface area contributed by atoms with Crippen LogP contribution in [0, 0.1) is 17.1 Å². The molecule has 0 aliphatic rings. The number of nitriles is 1. The second-order valence-electron chi connectivity index (χ2n) is 2.36. The van der Waals surface area contributed by atoms with Gasteiger partial charge in [0, 0.05) is 0 Å². The third kappa shape index (κ3) is 2.13. The average molecular weight is 242 g/mol. The van der Waals surface area contributed by atoms with Crippen LogP contribution in [0.2, 0.25) is 0 Å². The minimum absolute atomic E-state index is 0.0454. The summed E-state index contributed by atoms with van der Waals surface area (Å²) in [6.45, 7) is 0. The zero-order valence-corrected chi connectivity index (χ0v) is 8.14. The molecule has 2 nitrogen and oxygen atoms in total. The van der Waals surface area contributed by atoms with Gasteiger partial charge in [-0.3, -0.25) is 4.79 Å². The summed E-state index contributed by atoms with van der Waals surface area (Å²) in [7, 11) is 0. The van der Waals surface area contributed by atoms with Crippen molar-refractivity contribution >= 4 is 21.7 Å². The van der Waals surface area contributed by atoms with Crippen molar-refractivity contribution in [3.63, 3.8) is 0 Å². The van der Waals surface area contributed by atoms with Gasteiger partial charge in [-0.25, -0.2) is 4.39 Å². The SMILES string of the molecule is N#Cc1ccc(F)c(C(=O)CBr)c1. The van der Waals surface area contributed by atoms with Gasteiger partial charge in [-0.15, -0.1) is 0 Å². The monoisotopic (exact) mass is 241 g/mol. The predicted octanol–water partition coefficient (Wildman–Crippen LogP) is 2.27. The highest BCUT2D eigenvalue weighted by molar-refractivity contribution is 9.09. The molecule has 1 rings (SSSR count). The van der Waals surface area contributed by atoms with Crippen LogP contribution in [-0.2, 0) is 0 Å². The van der Waals surface area contributed by atoms with Gasteiger partial charge < -0.3 is 0 Å². The second kappa shape index (κ2) is 4.15. The lowest BCUT2D eigenvalue weighted by atomic mass is 10.1.